The maximum Gasteiger partial charge on any atom is 0.00768 e. The predicted molar refractivity (Wildman–Crippen MR) is 56.4 cm³/mol. The average Bonchev–Trinajstić information content (AvgIpc) is 2.02. The Bertz CT molecular complexity index is 72.2. The van der Waals surface area contributed by atoms with E-state index in [4.69, 9.17) is 5.73 Å². The molecule has 0 aliphatic rings. The van der Waals surface area contributed by atoms with Crippen LogP contribution in [0.15, 0.2) is 0 Å². The van der Waals surface area contributed by atoms with Crippen molar-refractivity contribution in [2.45, 2.75) is 39.8 Å². The molecule has 0 aromatic rings. The smallest absolute Gasteiger partial charge is 0.00768 e. The summed E-state index contributed by atoms with van der Waals surface area (Å²) < 4.78 is 0. The van der Waals surface area contributed by atoms with Crippen LogP contribution < -0.4 is 16.4 Å². The molecule has 0 aliphatic carbocycles. The summed E-state index contributed by atoms with van der Waals surface area (Å²) in [7, 11) is 1.95. The van der Waals surface area contributed by atoms with Gasteiger partial charge in [0, 0.05) is 25.2 Å². The fourth-order valence-electron chi connectivity index (χ4n) is 0.372. The fourth-order valence-corrected chi connectivity index (χ4v) is 0.372. The first-order chi connectivity index (χ1) is 5.54. The molecule has 0 rings (SSSR count). The lowest BCUT2D eigenvalue weighted by molar-refractivity contribution is 0.596. The van der Waals surface area contributed by atoms with E-state index in [1.807, 2.05) is 7.05 Å². The van der Waals surface area contributed by atoms with Gasteiger partial charge in [-0.05, 0) is 7.05 Å². The van der Waals surface area contributed by atoms with Crippen molar-refractivity contribution >= 4 is 0 Å². The first-order valence-corrected chi connectivity index (χ1v) is 4.65. The summed E-state index contributed by atoms with van der Waals surface area (Å²) in [5.74, 6) is 0. The van der Waals surface area contributed by atoms with Crippen molar-refractivity contribution in [1.29, 1.82) is 0 Å². The minimum atomic E-state index is 0.573. The fraction of sp³-hybridized carbons (Fsp3) is 1.00. The number of hydrogen-bond donors (Lipinski definition) is 3. The molecule has 0 bridgehead atoms. The molecule has 0 aliphatic heterocycles. The quantitative estimate of drug-likeness (QED) is 0.585. The molecule has 0 spiro atoms. The lowest BCUT2D eigenvalue weighted by atomic mass is 10.4. The Morgan fingerprint density at radius 3 is 1.58 bits per heavy atom. The van der Waals surface area contributed by atoms with E-state index in [-0.39, 0.29) is 0 Å². The summed E-state index contributed by atoms with van der Waals surface area (Å²) >= 11 is 0. The normalized spacial score (nSPS) is 10.0. The van der Waals surface area contributed by atoms with Crippen molar-refractivity contribution in [3.05, 3.63) is 0 Å². The maximum atomic E-state index is 5.21. The van der Waals surface area contributed by atoms with Gasteiger partial charge >= 0.3 is 0 Å². The molecule has 0 radical (unpaired) electrons. The van der Waals surface area contributed by atoms with Crippen molar-refractivity contribution < 1.29 is 0 Å². The van der Waals surface area contributed by atoms with Gasteiger partial charge in [0.1, 0.15) is 0 Å². The van der Waals surface area contributed by atoms with E-state index >= 15 is 0 Å². The molecule has 12 heavy (non-hydrogen) atoms. The zero-order chi connectivity index (χ0) is 9.98. The lowest BCUT2D eigenvalue weighted by Crippen LogP contribution is -2.28. The van der Waals surface area contributed by atoms with Crippen molar-refractivity contribution in [3.8, 4) is 0 Å². The monoisotopic (exact) mass is 175 g/mol. The topological polar surface area (TPSA) is 50.1 Å². The number of rotatable bonds is 4. The Kier molecular flexibility index (Phi) is 13.1. The lowest BCUT2D eigenvalue weighted by Gasteiger charge is -2.03. The van der Waals surface area contributed by atoms with Crippen LogP contribution in [0.4, 0.5) is 0 Å². The van der Waals surface area contributed by atoms with E-state index in [0.29, 0.717) is 12.1 Å². The molecule has 0 amide bonds. The van der Waals surface area contributed by atoms with Crippen LogP contribution in [-0.2, 0) is 0 Å². The van der Waals surface area contributed by atoms with Crippen LogP contribution in [0.2, 0.25) is 0 Å². The predicted octanol–water partition coefficient (Wildman–Crippen LogP) is 0.557. The van der Waals surface area contributed by atoms with Gasteiger partial charge < -0.3 is 16.4 Å². The van der Waals surface area contributed by atoms with Crippen molar-refractivity contribution in [1.82, 2.24) is 10.6 Å². The van der Waals surface area contributed by atoms with Crippen molar-refractivity contribution in [2.24, 2.45) is 5.73 Å². The molecule has 76 valence electrons. The second-order valence-corrected chi connectivity index (χ2v) is 3.34. The zero-order valence-electron chi connectivity index (χ0n) is 9.15. The van der Waals surface area contributed by atoms with Crippen molar-refractivity contribution in [3.63, 3.8) is 0 Å². The molecule has 0 saturated carbocycles. The van der Waals surface area contributed by atoms with Crippen molar-refractivity contribution in [2.75, 3.05) is 20.1 Å². The van der Waals surface area contributed by atoms with Gasteiger partial charge in [-0.1, -0.05) is 27.7 Å². The van der Waals surface area contributed by atoms with Crippen LogP contribution in [0.1, 0.15) is 27.7 Å². The van der Waals surface area contributed by atoms with E-state index in [0.717, 1.165) is 13.1 Å². The second kappa shape index (κ2) is 10.9. The van der Waals surface area contributed by atoms with Gasteiger partial charge in [0.05, 0.1) is 0 Å². The molecule has 0 saturated heterocycles. The molecule has 4 N–H and O–H groups in total. The molecule has 0 aromatic carbocycles. The highest BCUT2D eigenvalue weighted by atomic mass is 14.9. The molecule has 0 heterocycles. The minimum absolute atomic E-state index is 0.573. The highest BCUT2D eigenvalue weighted by Gasteiger charge is 1.85. The highest BCUT2D eigenvalue weighted by molar-refractivity contribution is 4.50. The SMILES string of the molecule is CC(C)NCCN.CNC(C)C. The van der Waals surface area contributed by atoms with E-state index in [2.05, 4.69) is 38.3 Å². The standard InChI is InChI=1S/C5H14N2.C4H11N/c1-5(2)7-4-3-6;1-4(2)5-3/h5,7H,3-4,6H2,1-2H3;4-5H,1-3H3. The molecule has 0 atom stereocenters. The highest BCUT2D eigenvalue weighted by Crippen LogP contribution is 1.70. The second-order valence-electron chi connectivity index (χ2n) is 3.34. The first kappa shape index (κ1) is 14.4. The van der Waals surface area contributed by atoms with Gasteiger partial charge in [0.15, 0.2) is 0 Å². The van der Waals surface area contributed by atoms with Crippen LogP contribution in [0.5, 0.6) is 0 Å². The summed E-state index contributed by atoms with van der Waals surface area (Å²) in [6, 6.07) is 1.21. The van der Waals surface area contributed by atoms with Gasteiger partial charge in [-0.2, -0.15) is 0 Å². The molecule has 3 nitrogen and oxygen atoms in total. The molecular formula is C9H25N3. The first-order valence-electron chi connectivity index (χ1n) is 4.65. The summed E-state index contributed by atoms with van der Waals surface area (Å²) in [4.78, 5) is 0. The van der Waals surface area contributed by atoms with E-state index in [1.165, 1.54) is 0 Å². The number of nitrogens with two attached hydrogens (primary N) is 1. The number of nitrogens with one attached hydrogen (secondary N) is 2. The minimum Gasteiger partial charge on any atom is -0.329 e. The number of hydrogen-bond acceptors (Lipinski definition) is 3. The molecule has 0 fully saturated rings. The Morgan fingerprint density at radius 1 is 1.08 bits per heavy atom. The van der Waals surface area contributed by atoms with Gasteiger partial charge in [0.2, 0.25) is 0 Å². The Morgan fingerprint density at radius 2 is 1.50 bits per heavy atom. The van der Waals surface area contributed by atoms with E-state index in [1.54, 1.807) is 0 Å². The summed E-state index contributed by atoms with van der Waals surface area (Å²) in [5, 5.41) is 6.20. The van der Waals surface area contributed by atoms with Crippen LogP contribution in [0.3, 0.4) is 0 Å². The van der Waals surface area contributed by atoms with Gasteiger partial charge in [-0.15, -0.1) is 0 Å². The molecule has 0 aromatic heterocycles. The summed E-state index contributed by atoms with van der Waals surface area (Å²) in [6.07, 6.45) is 0. The van der Waals surface area contributed by atoms with Gasteiger partial charge in [0.25, 0.3) is 0 Å². The van der Waals surface area contributed by atoms with E-state index < -0.39 is 0 Å². The summed E-state index contributed by atoms with van der Waals surface area (Å²) in [6.45, 7) is 10.1. The zero-order valence-corrected chi connectivity index (χ0v) is 9.15. The van der Waals surface area contributed by atoms with Gasteiger partial charge in [-0.25, -0.2) is 0 Å². The van der Waals surface area contributed by atoms with Gasteiger partial charge in [-0.3, -0.25) is 0 Å². The third kappa shape index (κ3) is 22.5. The Labute approximate surface area is 77.1 Å². The van der Waals surface area contributed by atoms with Crippen LogP contribution in [0.25, 0.3) is 0 Å². The average molecular weight is 175 g/mol. The molecule has 3 heteroatoms. The Balaban J connectivity index is 0. The maximum absolute atomic E-state index is 5.21. The van der Waals surface area contributed by atoms with E-state index in [9.17, 15) is 0 Å². The third-order valence-corrected chi connectivity index (χ3v) is 1.27. The van der Waals surface area contributed by atoms with Crippen LogP contribution in [0, 0.1) is 0 Å². The Hall–Kier alpha value is -0.120. The summed E-state index contributed by atoms with van der Waals surface area (Å²) in [5.41, 5.74) is 5.21. The largest absolute Gasteiger partial charge is 0.329 e. The third-order valence-electron chi connectivity index (χ3n) is 1.27. The molecule has 0 unspecified atom stereocenters. The van der Waals surface area contributed by atoms with Crippen LogP contribution in [-0.4, -0.2) is 32.2 Å². The van der Waals surface area contributed by atoms with Crippen LogP contribution >= 0.6 is 0 Å². The molecular weight excluding hydrogens is 150 g/mol.